The molecule has 34 heavy (non-hydrogen) atoms. The topological polar surface area (TPSA) is 9.23 Å². The SMILES string of the molecule is C=CCCC1CCC(C2CCC(C3CC=C(c4ccc(OCCC)c(F)c4F)CC3)CC2)CC1. The van der Waals surface area contributed by atoms with Crippen LogP contribution >= 0.6 is 0 Å². The van der Waals surface area contributed by atoms with Crippen LogP contribution in [0.2, 0.25) is 0 Å². The zero-order valence-corrected chi connectivity index (χ0v) is 21.2. The maximum atomic E-state index is 14.7. The number of hydrogen-bond donors (Lipinski definition) is 0. The lowest BCUT2D eigenvalue weighted by Crippen LogP contribution is -2.28. The van der Waals surface area contributed by atoms with E-state index in [1.54, 1.807) is 12.1 Å². The first-order valence-corrected chi connectivity index (χ1v) is 14.0. The van der Waals surface area contributed by atoms with Gasteiger partial charge in [0.25, 0.3) is 0 Å². The fraction of sp³-hybridized carbons (Fsp3) is 0.677. The molecule has 1 atom stereocenters. The van der Waals surface area contributed by atoms with E-state index in [1.165, 1.54) is 64.2 Å². The normalized spacial score (nSPS) is 30.0. The highest BCUT2D eigenvalue weighted by molar-refractivity contribution is 5.67. The Labute approximate surface area is 206 Å². The van der Waals surface area contributed by atoms with Crippen molar-refractivity contribution >= 4 is 5.57 Å². The second kappa shape index (κ2) is 12.4. The van der Waals surface area contributed by atoms with Crippen molar-refractivity contribution in [1.29, 1.82) is 0 Å². The third-order valence-corrected chi connectivity index (χ3v) is 9.13. The minimum Gasteiger partial charge on any atom is -0.490 e. The highest BCUT2D eigenvalue weighted by Crippen LogP contribution is 2.46. The lowest BCUT2D eigenvalue weighted by atomic mass is 9.65. The minimum absolute atomic E-state index is 0.0272. The molecule has 1 unspecified atom stereocenters. The van der Waals surface area contributed by atoms with Crippen molar-refractivity contribution in [2.24, 2.45) is 29.6 Å². The average molecular weight is 471 g/mol. The van der Waals surface area contributed by atoms with Gasteiger partial charge in [-0.3, -0.25) is 0 Å². The predicted octanol–water partition coefficient (Wildman–Crippen LogP) is 9.52. The molecular formula is C31H44F2O. The molecule has 0 bridgehead atoms. The predicted molar refractivity (Wildman–Crippen MR) is 138 cm³/mol. The summed E-state index contributed by atoms with van der Waals surface area (Å²) in [6, 6.07) is 3.29. The summed E-state index contributed by atoms with van der Waals surface area (Å²) >= 11 is 0. The van der Waals surface area contributed by atoms with Crippen LogP contribution in [0.3, 0.4) is 0 Å². The molecule has 0 saturated heterocycles. The van der Waals surface area contributed by atoms with E-state index >= 15 is 0 Å². The van der Waals surface area contributed by atoms with Crippen LogP contribution < -0.4 is 4.74 Å². The van der Waals surface area contributed by atoms with Crippen molar-refractivity contribution in [3.05, 3.63) is 48.1 Å². The van der Waals surface area contributed by atoms with Crippen LogP contribution in [0.5, 0.6) is 5.75 Å². The zero-order chi connectivity index (χ0) is 23.9. The van der Waals surface area contributed by atoms with Crippen molar-refractivity contribution in [3.8, 4) is 5.75 Å². The Hall–Kier alpha value is -1.64. The molecule has 0 amide bonds. The lowest BCUT2D eigenvalue weighted by molar-refractivity contribution is 0.121. The van der Waals surface area contributed by atoms with Gasteiger partial charge in [-0.15, -0.1) is 6.58 Å². The molecule has 4 rings (SSSR count). The summed E-state index contributed by atoms with van der Waals surface area (Å²) in [5.41, 5.74) is 1.39. The summed E-state index contributed by atoms with van der Waals surface area (Å²) in [6.07, 6.45) is 21.8. The maximum Gasteiger partial charge on any atom is 0.201 e. The number of rotatable bonds is 9. The van der Waals surface area contributed by atoms with Gasteiger partial charge in [0.05, 0.1) is 6.61 Å². The lowest BCUT2D eigenvalue weighted by Gasteiger charge is -2.40. The van der Waals surface area contributed by atoms with Crippen LogP contribution in [0.25, 0.3) is 5.57 Å². The Morgan fingerprint density at radius 3 is 2.12 bits per heavy atom. The van der Waals surface area contributed by atoms with Crippen LogP contribution in [0.1, 0.15) is 102 Å². The van der Waals surface area contributed by atoms with Crippen molar-refractivity contribution < 1.29 is 13.5 Å². The zero-order valence-electron chi connectivity index (χ0n) is 21.2. The molecule has 1 aromatic rings. The Morgan fingerprint density at radius 2 is 1.53 bits per heavy atom. The van der Waals surface area contributed by atoms with Crippen LogP contribution in [0.4, 0.5) is 8.78 Å². The number of halogens is 2. The van der Waals surface area contributed by atoms with Crippen LogP contribution in [-0.4, -0.2) is 6.61 Å². The van der Waals surface area contributed by atoms with E-state index in [2.05, 4.69) is 18.7 Å². The second-order valence-corrected chi connectivity index (χ2v) is 11.2. The minimum atomic E-state index is -0.845. The van der Waals surface area contributed by atoms with E-state index in [1.807, 2.05) is 6.92 Å². The quantitative estimate of drug-likeness (QED) is 0.326. The molecule has 0 heterocycles. The molecule has 2 fully saturated rings. The third-order valence-electron chi connectivity index (χ3n) is 9.13. The Balaban J connectivity index is 1.26. The summed E-state index contributed by atoms with van der Waals surface area (Å²) in [5, 5.41) is 0. The van der Waals surface area contributed by atoms with Crippen molar-refractivity contribution in [1.82, 2.24) is 0 Å². The van der Waals surface area contributed by atoms with Gasteiger partial charge >= 0.3 is 0 Å². The standard InChI is InChI=1S/C31H44F2O/c1-3-5-6-22-7-9-23(10-8-22)24-11-13-25(14-12-24)26-15-17-27(18-16-26)28-19-20-29(34-21-4-2)31(33)30(28)32/h3,17,19-20,22-26H,1,4-16,18,21H2,2H3. The number of hydrogen-bond acceptors (Lipinski definition) is 1. The van der Waals surface area contributed by atoms with Gasteiger partial charge in [-0.05, 0) is 124 Å². The second-order valence-electron chi connectivity index (χ2n) is 11.2. The van der Waals surface area contributed by atoms with Gasteiger partial charge < -0.3 is 4.74 Å². The molecule has 188 valence electrons. The highest BCUT2D eigenvalue weighted by atomic mass is 19.2. The van der Waals surface area contributed by atoms with Gasteiger partial charge in [0.15, 0.2) is 11.6 Å². The van der Waals surface area contributed by atoms with E-state index in [-0.39, 0.29) is 5.75 Å². The van der Waals surface area contributed by atoms with Gasteiger partial charge in [-0.2, -0.15) is 4.39 Å². The van der Waals surface area contributed by atoms with Gasteiger partial charge in [0.1, 0.15) is 0 Å². The van der Waals surface area contributed by atoms with E-state index < -0.39 is 11.6 Å². The summed E-state index contributed by atoms with van der Waals surface area (Å²) in [4.78, 5) is 0. The first-order chi connectivity index (χ1) is 16.6. The summed E-state index contributed by atoms with van der Waals surface area (Å²) < 4.78 is 34.5. The molecule has 1 aromatic carbocycles. The molecule has 0 aliphatic heterocycles. The largest absolute Gasteiger partial charge is 0.490 e. The van der Waals surface area contributed by atoms with E-state index in [9.17, 15) is 8.78 Å². The molecule has 3 aliphatic carbocycles. The van der Waals surface area contributed by atoms with Crippen molar-refractivity contribution in [2.75, 3.05) is 6.61 Å². The highest BCUT2D eigenvalue weighted by Gasteiger charge is 2.34. The van der Waals surface area contributed by atoms with E-state index in [4.69, 9.17) is 4.74 Å². The van der Waals surface area contributed by atoms with Crippen molar-refractivity contribution in [2.45, 2.75) is 96.8 Å². The molecule has 3 heteroatoms. The van der Waals surface area contributed by atoms with E-state index in [0.29, 0.717) is 18.1 Å². The summed E-state index contributed by atoms with van der Waals surface area (Å²) in [7, 11) is 0. The molecule has 3 aliphatic rings. The fourth-order valence-corrected chi connectivity index (χ4v) is 7.02. The first-order valence-electron chi connectivity index (χ1n) is 14.0. The first kappa shape index (κ1) is 25.5. The molecule has 0 radical (unpaired) electrons. The average Bonchev–Trinajstić information content (AvgIpc) is 2.89. The van der Waals surface area contributed by atoms with Gasteiger partial charge in [0, 0.05) is 5.56 Å². The molecule has 0 spiro atoms. The van der Waals surface area contributed by atoms with E-state index in [0.717, 1.165) is 54.9 Å². The number of ether oxygens (including phenoxy) is 1. The summed E-state index contributed by atoms with van der Waals surface area (Å²) in [5.74, 6) is 2.79. The molecule has 0 N–H and O–H groups in total. The van der Waals surface area contributed by atoms with Crippen LogP contribution in [0, 0.1) is 41.2 Å². The summed E-state index contributed by atoms with van der Waals surface area (Å²) in [6.45, 7) is 6.23. The molecule has 0 aromatic heterocycles. The van der Waals surface area contributed by atoms with Crippen LogP contribution in [-0.2, 0) is 0 Å². The fourth-order valence-electron chi connectivity index (χ4n) is 7.02. The molecule has 2 saturated carbocycles. The number of allylic oxidation sites excluding steroid dienone is 3. The number of benzene rings is 1. The van der Waals surface area contributed by atoms with Gasteiger partial charge in [-0.1, -0.05) is 31.9 Å². The van der Waals surface area contributed by atoms with Crippen molar-refractivity contribution in [3.63, 3.8) is 0 Å². The molecular weight excluding hydrogens is 426 g/mol. The van der Waals surface area contributed by atoms with Gasteiger partial charge in [0.2, 0.25) is 5.82 Å². The molecule has 1 nitrogen and oxygen atoms in total. The monoisotopic (exact) mass is 470 g/mol. The Bertz CT molecular complexity index is 828. The smallest absolute Gasteiger partial charge is 0.201 e. The Morgan fingerprint density at radius 1 is 0.882 bits per heavy atom. The maximum absolute atomic E-state index is 14.7. The van der Waals surface area contributed by atoms with Gasteiger partial charge in [-0.25, -0.2) is 4.39 Å². The Kier molecular flexibility index (Phi) is 9.25. The third kappa shape index (κ3) is 6.13. The van der Waals surface area contributed by atoms with Crippen LogP contribution in [0.15, 0.2) is 30.9 Å².